The molecule has 2 atom stereocenters. The zero-order chi connectivity index (χ0) is 29.4. The van der Waals surface area contributed by atoms with E-state index in [2.05, 4.69) is 25.3 Å². The van der Waals surface area contributed by atoms with Crippen molar-refractivity contribution in [2.24, 2.45) is 5.41 Å². The lowest BCUT2D eigenvalue weighted by atomic mass is 9.88. The minimum absolute atomic E-state index is 0.0169. The molecule has 0 aromatic heterocycles. The Morgan fingerprint density at radius 3 is 2.17 bits per heavy atom. The first-order valence-electron chi connectivity index (χ1n) is 13.2. The molecule has 1 aliphatic carbocycles. The van der Waals surface area contributed by atoms with E-state index in [0.717, 1.165) is 0 Å². The first kappa shape index (κ1) is 33.8. The van der Waals surface area contributed by atoms with Gasteiger partial charge in [-0.25, -0.2) is 0 Å². The summed E-state index contributed by atoms with van der Waals surface area (Å²) in [5.74, 6) is 0.266. The molecule has 2 unspecified atom stereocenters. The van der Waals surface area contributed by atoms with Gasteiger partial charge in [-0.3, -0.25) is 14.4 Å². The van der Waals surface area contributed by atoms with Crippen molar-refractivity contribution in [3.8, 4) is 0 Å². The second-order valence-corrected chi connectivity index (χ2v) is 12.1. The maximum Gasteiger partial charge on any atom is 0.483 e. The summed E-state index contributed by atoms with van der Waals surface area (Å²) < 4.78 is 16.1. The second-order valence-electron chi connectivity index (χ2n) is 9.60. The van der Waals surface area contributed by atoms with Gasteiger partial charge in [-0.2, -0.15) is 25.3 Å². The van der Waals surface area contributed by atoms with Gasteiger partial charge >= 0.3 is 17.9 Å². The monoisotopic (exact) mass is 607 g/mol. The predicted molar refractivity (Wildman–Crippen MR) is 167 cm³/mol. The van der Waals surface area contributed by atoms with Crippen LogP contribution in [0.5, 0.6) is 0 Å². The minimum atomic E-state index is -0.814. The highest BCUT2D eigenvalue weighted by Crippen LogP contribution is 2.32. The highest BCUT2D eigenvalue weighted by Gasteiger charge is 2.37. The van der Waals surface area contributed by atoms with Gasteiger partial charge in [0.25, 0.3) is 0 Å². The number of hydrogen-bond acceptors (Lipinski definition) is 9. The number of Topliss-reactive ketones (excluding diaryl/α,β-unsaturated/α-hetero) is 1. The molecule has 1 aromatic rings. The van der Waals surface area contributed by atoms with E-state index >= 15 is 0 Å². The average Bonchev–Trinajstić information content (AvgIpc) is 3.15. The lowest BCUT2D eigenvalue weighted by molar-refractivity contribution is -0.155. The quantitative estimate of drug-likeness (QED) is 0.0799. The van der Waals surface area contributed by atoms with Crippen molar-refractivity contribution < 1.29 is 33.4 Å². The molecule has 0 fully saturated rings. The number of ether oxygens (including phenoxy) is 3. The molecule has 0 amide bonds. The fourth-order valence-electron chi connectivity index (χ4n) is 3.61. The van der Waals surface area contributed by atoms with Gasteiger partial charge in [0.1, 0.15) is 19.6 Å². The molecular weight excluding hydrogens is 569 g/mol. The first-order valence-corrected chi connectivity index (χ1v) is 15.4. The first-order chi connectivity index (χ1) is 19.2. The molecule has 2 rings (SSSR count). The van der Waals surface area contributed by atoms with Crippen molar-refractivity contribution in [2.45, 2.75) is 44.3 Å². The van der Waals surface area contributed by atoms with Crippen LogP contribution in [0.3, 0.4) is 0 Å². The molecule has 40 heavy (non-hydrogen) atoms. The van der Waals surface area contributed by atoms with Crippen molar-refractivity contribution in [1.29, 1.82) is 0 Å². The normalized spacial score (nSPS) is 17.8. The van der Waals surface area contributed by atoms with Crippen LogP contribution in [0.1, 0.15) is 49.9 Å². The van der Waals surface area contributed by atoms with Gasteiger partial charge in [-0.05, 0) is 13.3 Å². The van der Waals surface area contributed by atoms with Crippen LogP contribution < -0.4 is 0 Å². The Morgan fingerprint density at radius 2 is 1.55 bits per heavy atom. The van der Waals surface area contributed by atoms with E-state index in [9.17, 15) is 19.2 Å². The largest absolute Gasteiger partial charge is 0.483 e. The molecule has 0 spiro atoms. The summed E-state index contributed by atoms with van der Waals surface area (Å²) in [7, 11) is 0. The number of rotatable bonds is 17. The number of benzene rings is 1. The van der Waals surface area contributed by atoms with Gasteiger partial charge in [0.05, 0.1) is 18.3 Å². The van der Waals surface area contributed by atoms with Crippen LogP contribution in [0, 0.1) is 5.41 Å². The Morgan fingerprint density at radius 1 is 0.925 bits per heavy atom. The molecule has 0 saturated heterocycles. The van der Waals surface area contributed by atoms with Crippen LogP contribution in [0.4, 0.5) is 0 Å². The number of carbonyl (C=O) groups is 3. The smallest absolute Gasteiger partial charge is 0.465 e. The molecule has 0 saturated carbocycles. The molecule has 1 N–H and O–H groups in total. The van der Waals surface area contributed by atoms with Crippen LogP contribution in [0.15, 0.2) is 66.3 Å². The zero-order valence-corrected chi connectivity index (χ0v) is 25.6. The number of esters is 3. The number of ketones is 1. The number of thiol groups is 2. The van der Waals surface area contributed by atoms with Crippen LogP contribution in [0.25, 0.3) is 0 Å². The van der Waals surface area contributed by atoms with Gasteiger partial charge in [0, 0.05) is 33.1 Å². The highest BCUT2D eigenvalue weighted by atomic mass is 32.2. The third-order valence-electron chi connectivity index (χ3n) is 6.33. The van der Waals surface area contributed by atoms with Gasteiger partial charge < -0.3 is 19.0 Å². The van der Waals surface area contributed by atoms with E-state index in [-0.39, 0.29) is 56.8 Å². The van der Waals surface area contributed by atoms with Gasteiger partial charge in [0.2, 0.25) is 0 Å². The van der Waals surface area contributed by atoms with Crippen molar-refractivity contribution in [3.63, 3.8) is 0 Å². The number of hydrogen-bond donors (Lipinski definition) is 2. The van der Waals surface area contributed by atoms with Crippen LogP contribution in [0.2, 0.25) is 0 Å². The topological polar surface area (TPSA) is 100 Å². The summed E-state index contributed by atoms with van der Waals surface area (Å²) in [6, 6.07) is 9.13. The lowest BCUT2D eigenvalue weighted by Crippen LogP contribution is -2.39. The Bertz CT molecular complexity index is 1080. The Balaban J connectivity index is 1.91. The van der Waals surface area contributed by atoms with Crippen LogP contribution in [-0.4, -0.2) is 70.3 Å². The molecule has 10 heteroatoms. The van der Waals surface area contributed by atoms with Crippen molar-refractivity contribution in [2.75, 3.05) is 37.1 Å². The summed E-state index contributed by atoms with van der Waals surface area (Å²) in [6.45, 7) is 3.87. The highest BCUT2D eigenvalue weighted by molar-refractivity contribution is 8.01. The fourth-order valence-corrected chi connectivity index (χ4v) is 5.03. The Labute approximate surface area is 252 Å². The molecule has 0 heterocycles. The van der Waals surface area contributed by atoms with Crippen molar-refractivity contribution >= 4 is 60.7 Å². The van der Waals surface area contributed by atoms with Crippen molar-refractivity contribution in [3.05, 3.63) is 71.8 Å². The van der Waals surface area contributed by atoms with E-state index in [4.69, 9.17) is 14.2 Å². The van der Waals surface area contributed by atoms with Gasteiger partial charge in [-0.15, -0.1) is 11.8 Å². The maximum atomic E-state index is 12.8. The summed E-state index contributed by atoms with van der Waals surface area (Å²) in [5, 5.41) is 0. The summed E-state index contributed by atoms with van der Waals surface area (Å²) in [4.78, 5) is 47.3. The molecule has 1 aliphatic rings. The number of allylic oxidation sites excluding steroid dienone is 4. The summed E-state index contributed by atoms with van der Waals surface area (Å²) >= 11 is 9.70. The number of thioether (sulfide) groups is 1. The Kier molecular flexibility index (Phi) is 14.7. The molecule has 1 aromatic carbocycles. The molecule has 218 valence electrons. The predicted octanol–water partition coefficient (Wildman–Crippen LogP) is 5.45. The maximum absolute atomic E-state index is 12.8. The van der Waals surface area contributed by atoms with Crippen LogP contribution >= 0.6 is 37.0 Å². The van der Waals surface area contributed by atoms with E-state index in [1.165, 1.54) is 0 Å². The van der Waals surface area contributed by atoms with E-state index in [1.54, 1.807) is 30.0 Å². The molecule has 7 nitrogen and oxygen atoms in total. The fraction of sp³-hybridized carbons (Fsp3) is 0.467. The third kappa shape index (κ3) is 11.6. The Hall–Kier alpha value is -2.43. The number of carbonyl (C=O) groups excluding carboxylic acids is 4. The zero-order valence-electron chi connectivity index (χ0n) is 23.0. The summed E-state index contributed by atoms with van der Waals surface area (Å²) in [5.41, 5.74) is 0.411. The molecule has 0 aliphatic heterocycles. The van der Waals surface area contributed by atoms with E-state index in [1.807, 2.05) is 56.4 Å². The lowest BCUT2D eigenvalue weighted by Gasteiger charge is -2.28. The molecule has 0 bridgehead atoms. The standard InChI is InChI=1S/C30H38O7S3/c1-3-30(20-35-25(31)12-17-38,21-36-26(32)13-18-39)22-37-27(33)14-19-40-29(2)15-7-10-24(11-16-29)28(34)23-8-5-4-6-9-23/h4-11,15-16,38-39H,3,12-14,17-22H2,1-2H3/p+1. The van der Waals surface area contributed by atoms with E-state index in [0.29, 0.717) is 34.8 Å². The average molecular weight is 608 g/mol. The van der Waals surface area contributed by atoms with Gasteiger partial charge in [0.15, 0.2) is 12.4 Å². The van der Waals surface area contributed by atoms with Gasteiger partial charge in [-0.1, -0.05) is 67.6 Å². The van der Waals surface area contributed by atoms with Crippen molar-refractivity contribution in [1.82, 2.24) is 0 Å². The SMILES string of the molecule is CCC(COC(=O)CCS)(COC(=O)CCSC1(C)C=CC=C(C(=O)c2ccccc2)C=C1)COC(=[OH+])CCS. The molecular formula is C30H39O7S3+. The van der Waals surface area contributed by atoms with E-state index < -0.39 is 16.1 Å². The third-order valence-corrected chi connectivity index (χ3v) is 8.08. The second kappa shape index (κ2) is 17.4. The summed E-state index contributed by atoms with van der Waals surface area (Å²) in [6.07, 6.45) is 10.5. The minimum Gasteiger partial charge on any atom is -0.465 e. The molecule has 0 radical (unpaired) electrons. The van der Waals surface area contributed by atoms with Crippen LogP contribution in [-0.2, 0) is 23.8 Å².